The molecule has 1 aliphatic heterocycles. The maximum atomic E-state index is 10.7. The maximum Gasteiger partial charge on any atom is 0.119 e. The van der Waals surface area contributed by atoms with E-state index in [1.54, 1.807) is 0 Å². The fourth-order valence-electron chi connectivity index (χ4n) is 4.60. The Morgan fingerprint density at radius 2 is 1.73 bits per heavy atom. The Balaban J connectivity index is 1.74. The van der Waals surface area contributed by atoms with Gasteiger partial charge in [0.1, 0.15) is 36.3 Å². The molecule has 2 heterocycles. The van der Waals surface area contributed by atoms with Gasteiger partial charge in [-0.3, -0.25) is 0 Å². The Bertz CT molecular complexity index is 1070. The summed E-state index contributed by atoms with van der Waals surface area (Å²) in [6.07, 6.45) is -3.06. The van der Waals surface area contributed by atoms with Crippen LogP contribution in [0.1, 0.15) is 43.6 Å². The zero-order valence-electron chi connectivity index (χ0n) is 19.3. The van der Waals surface area contributed by atoms with E-state index in [0.717, 1.165) is 39.8 Å². The molecule has 3 aromatic rings. The fourth-order valence-corrected chi connectivity index (χ4v) is 4.60. The van der Waals surface area contributed by atoms with E-state index in [1.807, 2.05) is 56.4 Å². The van der Waals surface area contributed by atoms with Crippen molar-refractivity contribution in [3.8, 4) is 5.75 Å². The molecule has 7 heteroatoms. The summed E-state index contributed by atoms with van der Waals surface area (Å²) < 4.78 is 13.7. The molecule has 1 saturated heterocycles. The van der Waals surface area contributed by atoms with E-state index in [2.05, 4.69) is 17.6 Å². The molecule has 1 aromatic heterocycles. The molecule has 0 aliphatic carbocycles. The van der Waals surface area contributed by atoms with E-state index < -0.39 is 37.1 Å². The number of nitrogens with zero attached hydrogens (tertiary/aromatic N) is 1. The second-order valence-corrected chi connectivity index (χ2v) is 8.94. The van der Waals surface area contributed by atoms with E-state index in [9.17, 15) is 20.4 Å². The van der Waals surface area contributed by atoms with Crippen molar-refractivity contribution in [3.63, 3.8) is 0 Å². The van der Waals surface area contributed by atoms with Crippen LogP contribution in [0.15, 0.2) is 48.7 Å². The lowest BCUT2D eigenvalue weighted by atomic mass is 9.91. The van der Waals surface area contributed by atoms with Crippen LogP contribution in [0.5, 0.6) is 5.75 Å². The van der Waals surface area contributed by atoms with Gasteiger partial charge in [0.15, 0.2) is 0 Å². The van der Waals surface area contributed by atoms with E-state index in [4.69, 9.17) is 9.47 Å². The highest BCUT2D eigenvalue weighted by atomic mass is 16.5. The lowest BCUT2D eigenvalue weighted by Gasteiger charge is -2.40. The molecule has 0 spiro atoms. The Kier molecular flexibility index (Phi) is 7.07. The minimum Gasteiger partial charge on any atom is -0.491 e. The van der Waals surface area contributed by atoms with Crippen LogP contribution in [0, 0.1) is 0 Å². The van der Waals surface area contributed by atoms with Crippen LogP contribution < -0.4 is 4.74 Å². The number of benzene rings is 2. The molecule has 0 radical (unpaired) electrons. The number of ether oxygens (including phenoxy) is 2. The number of fused-ring (bicyclic) bond motifs is 1. The molecule has 4 N–H and O–H groups in total. The summed E-state index contributed by atoms with van der Waals surface area (Å²) >= 11 is 0. The molecule has 2 aromatic carbocycles. The second-order valence-electron chi connectivity index (χ2n) is 8.94. The van der Waals surface area contributed by atoms with Gasteiger partial charge in [0.2, 0.25) is 0 Å². The summed E-state index contributed by atoms with van der Waals surface area (Å²) in [5.41, 5.74) is 4.00. The molecule has 0 unspecified atom stereocenters. The molecule has 7 nitrogen and oxygen atoms in total. The molecular weight excluding hydrogens is 422 g/mol. The third kappa shape index (κ3) is 4.65. The summed E-state index contributed by atoms with van der Waals surface area (Å²) in [5.74, 6) is 0.822. The van der Waals surface area contributed by atoms with Gasteiger partial charge in [0.25, 0.3) is 0 Å². The summed E-state index contributed by atoms with van der Waals surface area (Å²) in [6, 6.07) is 14.0. The second kappa shape index (κ2) is 9.83. The third-order valence-electron chi connectivity index (χ3n) is 6.24. The van der Waals surface area contributed by atoms with Gasteiger partial charge < -0.3 is 34.5 Å². The lowest BCUT2D eigenvalue weighted by Crippen LogP contribution is -2.55. The van der Waals surface area contributed by atoms with Crippen LogP contribution >= 0.6 is 0 Å². The van der Waals surface area contributed by atoms with Crippen LogP contribution in [-0.2, 0) is 17.7 Å². The topological polar surface area (TPSA) is 104 Å². The zero-order chi connectivity index (χ0) is 23.7. The smallest absolute Gasteiger partial charge is 0.119 e. The minimum absolute atomic E-state index is 0.109. The Morgan fingerprint density at radius 1 is 1.00 bits per heavy atom. The summed E-state index contributed by atoms with van der Waals surface area (Å²) in [7, 11) is 0. The molecule has 5 atom stereocenters. The number of hydrogen-bond donors (Lipinski definition) is 4. The Morgan fingerprint density at radius 3 is 2.36 bits per heavy atom. The number of aliphatic hydroxyl groups excluding tert-OH is 4. The molecule has 0 bridgehead atoms. The highest BCUT2D eigenvalue weighted by Gasteiger charge is 2.44. The van der Waals surface area contributed by atoms with Crippen molar-refractivity contribution in [2.45, 2.75) is 70.4 Å². The number of rotatable bonds is 7. The monoisotopic (exact) mass is 455 g/mol. The number of aryl methyl sites for hydroxylation is 1. The van der Waals surface area contributed by atoms with Crippen molar-refractivity contribution in [2.75, 3.05) is 6.61 Å². The lowest BCUT2D eigenvalue weighted by molar-refractivity contribution is -0.231. The van der Waals surface area contributed by atoms with E-state index in [0.29, 0.717) is 6.54 Å². The van der Waals surface area contributed by atoms with Gasteiger partial charge in [-0.05, 0) is 43.5 Å². The predicted octanol–water partition coefficient (Wildman–Crippen LogP) is 2.55. The average Bonchev–Trinajstić information content (AvgIpc) is 3.17. The molecule has 33 heavy (non-hydrogen) atoms. The molecule has 0 amide bonds. The van der Waals surface area contributed by atoms with Crippen LogP contribution in [0.2, 0.25) is 0 Å². The van der Waals surface area contributed by atoms with Gasteiger partial charge in [-0.25, -0.2) is 0 Å². The van der Waals surface area contributed by atoms with Gasteiger partial charge in [-0.15, -0.1) is 0 Å². The number of aromatic nitrogens is 1. The first-order valence-electron chi connectivity index (χ1n) is 11.5. The molecule has 4 rings (SSSR count). The average molecular weight is 456 g/mol. The molecule has 1 fully saturated rings. The number of hydrogen-bond acceptors (Lipinski definition) is 6. The fraction of sp³-hybridized carbons (Fsp3) is 0.462. The summed E-state index contributed by atoms with van der Waals surface area (Å²) in [4.78, 5) is 0. The summed E-state index contributed by atoms with van der Waals surface area (Å²) in [5, 5.41) is 41.8. The van der Waals surface area contributed by atoms with Crippen molar-refractivity contribution < 1.29 is 29.9 Å². The van der Waals surface area contributed by atoms with Gasteiger partial charge in [0, 0.05) is 23.7 Å². The quantitative estimate of drug-likeness (QED) is 0.437. The first-order chi connectivity index (χ1) is 15.8. The number of para-hydroxylation sites is 1. The predicted molar refractivity (Wildman–Crippen MR) is 125 cm³/mol. The van der Waals surface area contributed by atoms with Gasteiger partial charge >= 0.3 is 0 Å². The number of aliphatic hydroxyl groups is 4. The molecule has 178 valence electrons. The normalized spacial score (nSPS) is 25.6. The van der Waals surface area contributed by atoms with Gasteiger partial charge in [-0.1, -0.05) is 37.3 Å². The van der Waals surface area contributed by atoms with Crippen molar-refractivity contribution in [3.05, 3.63) is 65.4 Å². The van der Waals surface area contributed by atoms with Crippen molar-refractivity contribution in [1.82, 2.24) is 4.57 Å². The standard InChI is InChI=1S/C26H33NO6/c1-4-17-6-5-7-19-20(26-25(31)24(30)23(29)21(14-28)33-26)13-27(22(17)19)12-16-8-10-18(11-9-16)32-15(2)3/h5-11,13,15,21,23-26,28-31H,4,12,14H2,1-3H3/t21-,23-,24+,25-,26+/m1/s1. The minimum atomic E-state index is -1.41. The van der Waals surface area contributed by atoms with Crippen molar-refractivity contribution in [1.29, 1.82) is 0 Å². The summed E-state index contributed by atoms with van der Waals surface area (Å²) in [6.45, 7) is 6.23. The van der Waals surface area contributed by atoms with Crippen molar-refractivity contribution >= 4 is 10.9 Å². The highest BCUT2D eigenvalue weighted by Crippen LogP contribution is 2.38. The molecule has 0 saturated carbocycles. The maximum absolute atomic E-state index is 10.7. The highest BCUT2D eigenvalue weighted by molar-refractivity contribution is 5.87. The van der Waals surface area contributed by atoms with Gasteiger partial charge in [-0.2, -0.15) is 0 Å². The first-order valence-corrected chi connectivity index (χ1v) is 11.5. The first kappa shape index (κ1) is 23.7. The van der Waals surface area contributed by atoms with Crippen LogP contribution in [0.25, 0.3) is 10.9 Å². The van der Waals surface area contributed by atoms with Crippen LogP contribution in [-0.4, -0.2) is 62.1 Å². The Hall–Kier alpha value is -2.42. The van der Waals surface area contributed by atoms with E-state index >= 15 is 0 Å². The van der Waals surface area contributed by atoms with Gasteiger partial charge in [0.05, 0.1) is 18.2 Å². The third-order valence-corrected chi connectivity index (χ3v) is 6.24. The SMILES string of the molecule is CCc1cccc2c([C@@H]3O[C@H](CO)[C@@H](O)[C@H](O)[C@H]3O)cn(Cc3ccc(OC(C)C)cc3)c12. The zero-order valence-corrected chi connectivity index (χ0v) is 19.3. The van der Waals surface area contributed by atoms with E-state index in [1.165, 1.54) is 0 Å². The van der Waals surface area contributed by atoms with Crippen molar-refractivity contribution in [2.24, 2.45) is 0 Å². The van der Waals surface area contributed by atoms with E-state index in [-0.39, 0.29) is 6.10 Å². The largest absolute Gasteiger partial charge is 0.491 e. The Labute approximate surface area is 193 Å². The molecule has 1 aliphatic rings. The molecular formula is C26H33NO6. The van der Waals surface area contributed by atoms with Crippen LogP contribution in [0.3, 0.4) is 0 Å². The van der Waals surface area contributed by atoms with Crippen LogP contribution in [0.4, 0.5) is 0 Å².